The van der Waals surface area contributed by atoms with Crippen LogP contribution in [0.1, 0.15) is 16.7 Å². The van der Waals surface area contributed by atoms with Crippen LogP contribution in [0.25, 0.3) is 11.4 Å². The number of nitriles is 1. The molecular formula is C19H9F6N3O. The summed E-state index contributed by atoms with van der Waals surface area (Å²) in [6.45, 7) is 1.68. The number of ether oxygens (including phenoxy) is 1. The Hall–Kier alpha value is -3.61. The Balaban J connectivity index is 1.99. The predicted molar refractivity (Wildman–Crippen MR) is 87.7 cm³/mol. The Morgan fingerprint density at radius 1 is 0.897 bits per heavy atom. The number of rotatable bonds is 4. The third-order valence-electron chi connectivity index (χ3n) is 3.75. The number of aryl methyl sites for hydroxylation is 1. The van der Waals surface area contributed by atoms with Gasteiger partial charge in [0.15, 0.2) is 5.82 Å². The van der Waals surface area contributed by atoms with Gasteiger partial charge in [0.05, 0.1) is 0 Å². The number of alkyl halides is 2. The van der Waals surface area contributed by atoms with Crippen molar-refractivity contribution in [2.75, 3.05) is 0 Å². The molecule has 29 heavy (non-hydrogen) atoms. The third kappa shape index (κ3) is 3.99. The first-order chi connectivity index (χ1) is 13.6. The van der Waals surface area contributed by atoms with Gasteiger partial charge in [-0.3, -0.25) is 0 Å². The smallest absolute Gasteiger partial charge is 0.429 e. The van der Waals surface area contributed by atoms with Crippen molar-refractivity contribution in [3.63, 3.8) is 0 Å². The van der Waals surface area contributed by atoms with Crippen LogP contribution in [-0.4, -0.2) is 9.97 Å². The predicted octanol–water partition coefficient (Wildman–Crippen LogP) is 5.01. The van der Waals surface area contributed by atoms with Crippen molar-refractivity contribution < 1.29 is 31.1 Å². The van der Waals surface area contributed by atoms with Crippen molar-refractivity contribution in [2.45, 2.75) is 13.0 Å². The van der Waals surface area contributed by atoms with Gasteiger partial charge in [0.1, 0.15) is 46.2 Å². The van der Waals surface area contributed by atoms with Crippen molar-refractivity contribution >= 4 is 0 Å². The van der Waals surface area contributed by atoms with Crippen molar-refractivity contribution in [3.05, 3.63) is 76.6 Å². The Bertz CT molecular complexity index is 1080. The largest absolute Gasteiger partial charge is 0.432 e. The highest BCUT2D eigenvalue weighted by atomic mass is 19.3. The Morgan fingerprint density at radius 2 is 1.41 bits per heavy atom. The van der Waals surface area contributed by atoms with E-state index in [0.29, 0.717) is 29.8 Å². The van der Waals surface area contributed by atoms with Crippen LogP contribution in [0.15, 0.2) is 36.7 Å². The lowest BCUT2D eigenvalue weighted by Crippen LogP contribution is -2.25. The minimum atomic E-state index is -4.62. The van der Waals surface area contributed by atoms with Crippen molar-refractivity contribution in [1.82, 2.24) is 9.97 Å². The summed E-state index contributed by atoms with van der Waals surface area (Å²) < 4.78 is 88.6. The molecule has 0 aliphatic carbocycles. The summed E-state index contributed by atoms with van der Waals surface area (Å²) >= 11 is 0. The highest BCUT2D eigenvalue weighted by Gasteiger charge is 2.41. The highest BCUT2D eigenvalue weighted by Crippen LogP contribution is 2.37. The van der Waals surface area contributed by atoms with Gasteiger partial charge in [0.25, 0.3) is 0 Å². The van der Waals surface area contributed by atoms with E-state index in [1.807, 2.05) is 0 Å². The maximum atomic E-state index is 14.4. The van der Waals surface area contributed by atoms with Crippen molar-refractivity contribution in [2.24, 2.45) is 0 Å². The van der Waals surface area contributed by atoms with E-state index < -0.39 is 46.3 Å². The molecule has 1 heterocycles. The lowest BCUT2D eigenvalue weighted by molar-refractivity contribution is -0.189. The van der Waals surface area contributed by atoms with Crippen LogP contribution in [0.2, 0.25) is 0 Å². The second-order valence-electron chi connectivity index (χ2n) is 5.89. The van der Waals surface area contributed by atoms with Gasteiger partial charge < -0.3 is 4.74 Å². The standard InChI is InChI=1S/C19H9F6N3O/c1-9-7-27-18(28-8-9)10-2-15(22)17(16(23)3-10)19(24,25)29-11-4-13(20)12(6-26)14(21)5-11/h2-5,7-8H,1H3. The molecule has 148 valence electrons. The van der Waals surface area contributed by atoms with Crippen LogP contribution in [-0.2, 0) is 6.11 Å². The van der Waals surface area contributed by atoms with E-state index in [-0.39, 0.29) is 11.4 Å². The van der Waals surface area contributed by atoms with Gasteiger partial charge in [0.2, 0.25) is 0 Å². The van der Waals surface area contributed by atoms with Gasteiger partial charge in [-0.2, -0.15) is 14.0 Å². The summed E-state index contributed by atoms with van der Waals surface area (Å²) in [6.07, 6.45) is -1.87. The first-order valence-corrected chi connectivity index (χ1v) is 7.87. The van der Waals surface area contributed by atoms with Gasteiger partial charge >= 0.3 is 6.11 Å². The Kier molecular flexibility index (Phi) is 5.16. The molecule has 2 aromatic carbocycles. The lowest BCUT2D eigenvalue weighted by Gasteiger charge is -2.20. The molecule has 0 radical (unpaired) electrons. The van der Waals surface area contributed by atoms with Gasteiger partial charge in [-0.05, 0) is 24.6 Å². The lowest BCUT2D eigenvalue weighted by atomic mass is 10.1. The van der Waals surface area contributed by atoms with Gasteiger partial charge in [-0.1, -0.05) is 0 Å². The highest BCUT2D eigenvalue weighted by molar-refractivity contribution is 5.56. The van der Waals surface area contributed by atoms with E-state index in [1.165, 1.54) is 18.5 Å². The van der Waals surface area contributed by atoms with E-state index in [0.717, 1.165) is 0 Å². The molecule has 0 bridgehead atoms. The fourth-order valence-corrected chi connectivity index (χ4v) is 2.44. The van der Waals surface area contributed by atoms with Gasteiger partial charge in [0, 0.05) is 30.1 Å². The maximum Gasteiger partial charge on any atom is 0.432 e. The minimum Gasteiger partial charge on any atom is -0.429 e. The molecule has 0 N–H and O–H groups in total. The SMILES string of the molecule is Cc1cnc(-c2cc(F)c(C(F)(F)Oc3cc(F)c(C#N)c(F)c3)c(F)c2)nc1. The molecule has 3 aromatic rings. The normalized spacial score (nSPS) is 11.2. The zero-order valence-electron chi connectivity index (χ0n) is 14.5. The average Bonchev–Trinajstić information content (AvgIpc) is 2.60. The summed E-state index contributed by atoms with van der Waals surface area (Å²) in [4.78, 5) is 7.71. The van der Waals surface area contributed by atoms with Gasteiger partial charge in [-0.15, -0.1) is 0 Å². The van der Waals surface area contributed by atoms with Crippen LogP contribution in [0.4, 0.5) is 26.3 Å². The van der Waals surface area contributed by atoms with E-state index >= 15 is 0 Å². The van der Waals surface area contributed by atoms with Gasteiger partial charge in [-0.25, -0.2) is 27.5 Å². The van der Waals surface area contributed by atoms with Crippen LogP contribution in [0.3, 0.4) is 0 Å². The molecule has 10 heteroatoms. The molecular weight excluding hydrogens is 400 g/mol. The first kappa shape index (κ1) is 20.1. The average molecular weight is 409 g/mol. The van der Waals surface area contributed by atoms with E-state index in [1.54, 1.807) is 6.92 Å². The molecule has 4 nitrogen and oxygen atoms in total. The number of hydrogen-bond acceptors (Lipinski definition) is 4. The van der Waals surface area contributed by atoms with E-state index in [4.69, 9.17) is 5.26 Å². The molecule has 0 spiro atoms. The molecule has 3 rings (SSSR count). The molecule has 0 saturated heterocycles. The topological polar surface area (TPSA) is 58.8 Å². The summed E-state index contributed by atoms with van der Waals surface area (Å²) in [7, 11) is 0. The van der Waals surface area contributed by atoms with E-state index in [9.17, 15) is 26.3 Å². The van der Waals surface area contributed by atoms with Crippen molar-refractivity contribution in [3.8, 4) is 23.2 Å². The minimum absolute atomic E-state index is 0.0968. The quantitative estimate of drug-likeness (QED) is 0.569. The maximum absolute atomic E-state index is 14.4. The van der Waals surface area contributed by atoms with Crippen LogP contribution >= 0.6 is 0 Å². The second kappa shape index (κ2) is 7.43. The zero-order chi connectivity index (χ0) is 21.3. The van der Waals surface area contributed by atoms with Crippen LogP contribution in [0, 0.1) is 41.5 Å². The summed E-state index contributed by atoms with van der Waals surface area (Å²) in [5.41, 5.74) is -2.30. The second-order valence-corrected chi connectivity index (χ2v) is 5.89. The molecule has 0 atom stereocenters. The van der Waals surface area contributed by atoms with Crippen molar-refractivity contribution in [1.29, 1.82) is 5.26 Å². The number of aromatic nitrogens is 2. The monoisotopic (exact) mass is 409 g/mol. The fourth-order valence-electron chi connectivity index (χ4n) is 2.44. The molecule has 0 unspecified atom stereocenters. The Labute approximate surface area is 160 Å². The Morgan fingerprint density at radius 3 is 1.90 bits per heavy atom. The molecule has 0 aliphatic rings. The van der Waals surface area contributed by atoms with Crippen LogP contribution < -0.4 is 4.74 Å². The molecule has 0 aliphatic heterocycles. The molecule has 0 fully saturated rings. The number of nitrogens with zero attached hydrogens (tertiary/aromatic N) is 3. The number of hydrogen-bond donors (Lipinski definition) is 0. The molecule has 0 amide bonds. The van der Waals surface area contributed by atoms with Crippen LogP contribution in [0.5, 0.6) is 5.75 Å². The summed E-state index contributed by atoms with van der Waals surface area (Å²) in [6, 6.07) is 2.98. The van der Waals surface area contributed by atoms with E-state index in [2.05, 4.69) is 14.7 Å². The fraction of sp³-hybridized carbons (Fsp3) is 0.105. The summed E-state index contributed by atoms with van der Waals surface area (Å²) in [5.74, 6) is -7.45. The third-order valence-corrected chi connectivity index (χ3v) is 3.75. The summed E-state index contributed by atoms with van der Waals surface area (Å²) in [5, 5.41) is 8.58. The molecule has 0 saturated carbocycles. The zero-order valence-corrected chi connectivity index (χ0v) is 14.5. The number of halogens is 6. The molecule has 1 aromatic heterocycles. The number of benzene rings is 2. The first-order valence-electron chi connectivity index (χ1n) is 7.87.